The first kappa shape index (κ1) is 26.4. The Morgan fingerprint density at radius 3 is 2.70 bits per heavy atom. The molecule has 6 rings (SSSR count). The van der Waals surface area contributed by atoms with Crippen molar-refractivity contribution in [3.8, 4) is 11.5 Å². The number of aryl methyl sites for hydroxylation is 1. The molecule has 0 radical (unpaired) electrons. The third-order valence-electron chi connectivity index (χ3n) is 9.31. The second-order valence-electron chi connectivity index (χ2n) is 11.3. The highest BCUT2D eigenvalue weighted by Crippen LogP contribution is 2.59. The summed E-state index contributed by atoms with van der Waals surface area (Å²) in [6.45, 7) is 2.76. The molecule has 2 heterocycles. The van der Waals surface area contributed by atoms with Crippen molar-refractivity contribution in [2.24, 2.45) is 17.0 Å². The van der Waals surface area contributed by atoms with Gasteiger partial charge in [0.05, 0.1) is 21.3 Å². The molecule has 9 nitrogen and oxygen atoms in total. The molecule has 1 N–H and O–H groups in total. The van der Waals surface area contributed by atoms with Crippen LogP contribution < -0.4 is 4.74 Å². The third kappa shape index (κ3) is 3.74. The van der Waals surface area contributed by atoms with Gasteiger partial charge in [-0.3, -0.25) is 9.59 Å². The molecule has 0 amide bonds. The molecule has 1 saturated heterocycles. The smallest absolute Gasteiger partial charge is 0.319 e. The number of likely N-dealkylation sites (N-methyl/N-ethyl adjacent to an activating group) is 1. The van der Waals surface area contributed by atoms with E-state index in [-0.39, 0.29) is 35.7 Å². The SMILES string of the molecule is COC(=O)[C@@H]1C(c2cccc(C)c2)=NO[C@H]1c1cc(OC)c(O)c2c1C[C@H]1[C@H]3C=C(OC)C(=O)C[C@@]23CCN1C. The van der Waals surface area contributed by atoms with Crippen molar-refractivity contribution in [1.82, 2.24) is 4.90 Å². The number of esters is 1. The number of benzene rings is 2. The molecule has 0 unspecified atom stereocenters. The zero-order valence-corrected chi connectivity index (χ0v) is 23.4. The second-order valence-corrected chi connectivity index (χ2v) is 11.3. The van der Waals surface area contributed by atoms with Crippen LogP contribution in [0.3, 0.4) is 0 Å². The van der Waals surface area contributed by atoms with Crippen LogP contribution >= 0.6 is 0 Å². The number of hydrogen-bond donors (Lipinski definition) is 1. The number of allylic oxidation sites excluding steroid dienone is 1. The van der Waals surface area contributed by atoms with Crippen molar-refractivity contribution in [3.05, 3.63) is 70.0 Å². The molecular weight excluding hydrogens is 512 g/mol. The van der Waals surface area contributed by atoms with E-state index in [9.17, 15) is 14.7 Å². The summed E-state index contributed by atoms with van der Waals surface area (Å²) >= 11 is 0. The lowest BCUT2D eigenvalue weighted by atomic mass is 9.53. The number of piperidine rings is 1. The van der Waals surface area contributed by atoms with Crippen molar-refractivity contribution in [3.63, 3.8) is 0 Å². The number of oxime groups is 1. The predicted octanol–water partition coefficient (Wildman–Crippen LogP) is 3.59. The first-order valence-electron chi connectivity index (χ1n) is 13.5. The summed E-state index contributed by atoms with van der Waals surface area (Å²) in [6.07, 6.45) is 2.62. The third-order valence-corrected chi connectivity index (χ3v) is 9.31. The van der Waals surface area contributed by atoms with E-state index in [1.165, 1.54) is 21.3 Å². The van der Waals surface area contributed by atoms with Crippen molar-refractivity contribution in [2.75, 3.05) is 34.9 Å². The number of carbonyl (C=O) groups excluding carboxylic acids is 2. The number of Topliss-reactive ketones (excluding diaryl/α,β-unsaturated/α-hetero) is 1. The van der Waals surface area contributed by atoms with Crippen LogP contribution in [0.1, 0.15) is 46.8 Å². The van der Waals surface area contributed by atoms with Gasteiger partial charge in [-0.2, -0.15) is 0 Å². The lowest BCUT2D eigenvalue weighted by Gasteiger charge is -2.57. The first-order chi connectivity index (χ1) is 19.2. The quantitative estimate of drug-likeness (QED) is 0.567. The lowest BCUT2D eigenvalue weighted by molar-refractivity contribution is -0.146. The highest BCUT2D eigenvalue weighted by atomic mass is 16.6. The van der Waals surface area contributed by atoms with Crippen LogP contribution in [0, 0.1) is 18.8 Å². The van der Waals surface area contributed by atoms with E-state index in [4.69, 9.17) is 19.0 Å². The molecule has 2 aliphatic heterocycles. The van der Waals surface area contributed by atoms with Gasteiger partial charge >= 0.3 is 5.97 Å². The number of rotatable bonds is 5. The van der Waals surface area contributed by atoms with Crippen molar-refractivity contribution < 1.29 is 33.7 Å². The predicted molar refractivity (Wildman–Crippen MR) is 146 cm³/mol. The van der Waals surface area contributed by atoms with Crippen LogP contribution in [-0.2, 0) is 35.7 Å². The van der Waals surface area contributed by atoms with Crippen molar-refractivity contribution >= 4 is 17.5 Å². The van der Waals surface area contributed by atoms with Crippen molar-refractivity contribution in [1.29, 1.82) is 0 Å². The lowest BCUT2D eigenvalue weighted by Crippen LogP contribution is -2.60. The summed E-state index contributed by atoms with van der Waals surface area (Å²) in [6, 6.07) is 9.56. The van der Waals surface area contributed by atoms with Gasteiger partial charge in [-0.1, -0.05) is 35.0 Å². The van der Waals surface area contributed by atoms with Gasteiger partial charge in [0.1, 0.15) is 11.6 Å². The molecule has 9 heteroatoms. The summed E-state index contributed by atoms with van der Waals surface area (Å²) in [7, 11) is 6.46. The molecule has 0 aromatic heterocycles. The minimum atomic E-state index is -0.828. The van der Waals surface area contributed by atoms with E-state index in [1.807, 2.05) is 37.3 Å². The molecule has 4 aliphatic rings. The largest absolute Gasteiger partial charge is 0.504 e. The molecule has 2 aromatic carbocycles. The number of nitrogens with zero attached hydrogens (tertiary/aromatic N) is 2. The minimum Gasteiger partial charge on any atom is -0.504 e. The molecule has 40 heavy (non-hydrogen) atoms. The summed E-state index contributed by atoms with van der Waals surface area (Å²) in [5, 5.41) is 16.0. The fraction of sp³-hybridized carbons (Fsp3) is 0.452. The molecule has 2 bridgehead atoms. The molecule has 2 aromatic rings. The maximum absolute atomic E-state index is 13.3. The summed E-state index contributed by atoms with van der Waals surface area (Å²) in [5.74, 6) is -0.758. The molecule has 2 aliphatic carbocycles. The number of ketones is 1. The van der Waals surface area contributed by atoms with Crippen LogP contribution in [0.15, 0.2) is 47.3 Å². The van der Waals surface area contributed by atoms with Crippen molar-refractivity contribution in [2.45, 2.75) is 43.7 Å². The maximum Gasteiger partial charge on any atom is 0.319 e. The number of phenolic OH excluding ortho intramolecular Hbond substituents is 1. The van der Waals surface area contributed by atoms with Gasteiger partial charge in [-0.25, -0.2) is 0 Å². The summed E-state index contributed by atoms with van der Waals surface area (Å²) < 4.78 is 16.4. The van der Waals surface area contributed by atoms with Gasteiger partial charge < -0.3 is 29.1 Å². The standard InChI is InChI=1S/C31H34N2O7/c1-16-7-6-8-17(11-16)27-25(30(36)39-5)29(40-32-27)19-13-24(38-4)28(35)26-18(19)12-21-20-14-23(37-3)22(34)15-31(20,26)9-10-33(21)2/h6-8,11,13-14,20-21,25,29,35H,9-10,12,15H2,1-5H3/t20-,21+,25-,29+,31-/m1/s1. The first-order valence-corrected chi connectivity index (χ1v) is 13.5. The van der Waals surface area contributed by atoms with Gasteiger partial charge in [0, 0.05) is 40.5 Å². The number of methoxy groups -OCH3 is 3. The Morgan fingerprint density at radius 1 is 1.20 bits per heavy atom. The second kappa shape index (κ2) is 9.66. The highest BCUT2D eigenvalue weighted by molar-refractivity contribution is 6.13. The Bertz CT molecular complexity index is 1460. The maximum atomic E-state index is 13.3. The molecule has 0 saturated carbocycles. The summed E-state index contributed by atoms with van der Waals surface area (Å²) in [4.78, 5) is 34.9. The van der Waals surface area contributed by atoms with Crippen LogP contribution in [0.25, 0.3) is 0 Å². The van der Waals surface area contributed by atoms with E-state index < -0.39 is 23.4 Å². The average Bonchev–Trinajstić information content (AvgIpc) is 3.39. The van der Waals surface area contributed by atoms with E-state index in [1.54, 1.807) is 6.07 Å². The fourth-order valence-electron chi connectivity index (χ4n) is 7.39. The van der Waals surface area contributed by atoms with Crippen LogP contribution in [0.4, 0.5) is 0 Å². The minimum absolute atomic E-state index is 0.0313. The topological polar surface area (TPSA) is 107 Å². The van der Waals surface area contributed by atoms with Gasteiger partial charge in [0.2, 0.25) is 0 Å². The number of ether oxygens (including phenoxy) is 3. The van der Waals surface area contributed by atoms with Gasteiger partial charge in [-0.05, 0) is 51.1 Å². The Labute approximate surface area is 233 Å². The van der Waals surface area contributed by atoms with Crippen LogP contribution in [0.2, 0.25) is 0 Å². The van der Waals surface area contributed by atoms with E-state index >= 15 is 0 Å². The van der Waals surface area contributed by atoms with Crippen LogP contribution in [0.5, 0.6) is 11.5 Å². The summed E-state index contributed by atoms with van der Waals surface area (Å²) in [5.41, 5.74) is 3.94. The van der Waals surface area contributed by atoms with E-state index in [0.29, 0.717) is 35.4 Å². The zero-order valence-electron chi connectivity index (χ0n) is 23.4. The van der Waals surface area contributed by atoms with E-state index in [2.05, 4.69) is 17.1 Å². The zero-order chi connectivity index (χ0) is 28.3. The number of hydrogen-bond acceptors (Lipinski definition) is 9. The van der Waals surface area contributed by atoms with Gasteiger partial charge in [-0.15, -0.1) is 0 Å². The Morgan fingerprint density at radius 2 is 2.00 bits per heavy atom. The Hall–Kier alpha value is -3.85. The number of likely N-dealkylation sites (tertiary alicyclic amines) is 1. The highest BCUT2D eigenvalue weighted by Gasteiger charge is 2.58. The van der Waals surface area contributed by atoms with Gasteiger partial charge in [0.15, 0.2) is 29.1 Å². The molecular formula is C31H34N2O7. The van der Waals surface area contributed by atoms with E-state index in [0.717, 1.165) is 23.2 Å². The van der Waals surface area contributed by atoms with Gasteiger partial charge in [0.25, 0.3) is 0 Å². The number of carbonyl (C=O) groups is 2. The number of fused-ring (bicyclic) bond motifs is 1. The molecule has 210 valence electrons. The monoisotopic (exact) mass is 546 g/mol. The van der Waals surface area contributed by atoms with Crippen LogP contribution in [-0.4, -0.2) is 68.4 Å². The Kier molecular flexibility index (Phi) is 6.37. The number of aromatic hydroxyl groups is 1. The number of phenols is 1. The molecule has 1 fully saturated rings. The molecule has 5 atom stereocenters. The average molecular weight is 547 g/mol. The fourth-order valence-corrected chi connectivity index (χ4v) is 7.39. The Balaban J connectivity index is 1.55. The molecule has 0 spiro atoms. The normalized spacial score (nSPS) is 29.0.